The van der Waals surface area contributed by atoms with Gasteiger partial charge in [0.15, 0.2) is 11.6 Å². The van der Waals surface area contributed by atoms with Gasteiger partial charge < -0.3 is 20.1 Å². The fourth-order valence-corrected chi connectivity index (χ4v) is 8.28. The van der Waals surface area contributed by atoms with Crippen LogP contribution in [0.4, 0.5) is 4.79 Å². The molecule has 8 rings (SSSR count). The number of aliphatic imine (C=N–C) groups is 2. The second kappa shape index (κ2) is 19.4. The zero-order valence-corrected chi connectivity index (χ0v) is 37.3. The van der Waals surface area contributed by atoms with Gasteiger partial charge in [-0.05, 0) is 87.4 Å². The van der Waals surface area contributed by atoms with Crippen molar-refractivity contribution in [2.24, 2.45) is 9.98 Å². The van der Waals surface area contributed by atoms with Gasteiger partial charge in [0, 0.05) is 71.1 Å². The predicted molar refractivity (Wildman–Crippen MR) is 244 cm³/mol. The number of methoxy groups -OCH3 is 2. The van der Waals surface area contributed by atoms with E-state index in [9.17, 15) is 14.4 Å². The minimum Gasteiger partial charge on any atom is -0.497 e. The van der Waals surface area contributed by atoms with Crippen molar-refractivity contribution in [3.63, 3.8) is 0 Å². The number of nitrogens with zero attached hydrogens (tertiary/aromatic N) is 8. The summed E-state index contributed by atoms with van der Waals surface area (Å²) in [5.41, 5.74) is 6.30. The van der Waals surface area contributed by atoms with E-state index in [0.717, 1.165) is 33.6 Å². The first-order chi connectivity index (χ1) is 31.0. The molecule has 2 aliphatic rings. The Hall–Kier alpha value is -6.71. The van der Waals surface area contributed by atoms with Crippen molar-refractivity contribution in [1.82, 2.24) is 40.2 Å². The second-order valence-electron chi connectivity index (χ2n) is 15.5. The fraction of sp³-hybridized carbons (Fsp3) is 0.298. The lowest BCUT2D eigenvalue weighted by Crippen LogP contribution is -2.36. The van der Waals surface area contributed by atoms with Gasteiger partial charge in [0.1, 0.15) is 46.8 Å². The largest absolute Gasteiger partial charge is 0.497 e. The molecule has 6 aromatic rings. The third-order valence-corrected chi connectivity index (χ3v) is 11.7. The summed E-state index contributed by atoms with van der Waals surface area (Å²) in [5, 5.41) is 24.5. The molecule has 64 heavy (non-hydrogen) atoms. The fourth-order valence-electron chi connectivity index (χ4n) is 8.03. The Bertz CT molecular complexity index is 2590. The Kier molecular flexibility index (Phi) is 13.3. The van der Waals surface area contributed by atoms with Crippen LogP contribution in [0.2, 0.25) is 10.0 Å². The Labute approximate surface area is 380 Å². The number of Topliss-reactive ketones (excluding diaryl/α,β-unsaturated/α-hetero) is 2. The summed E-state index contributed by atoms with van der Waals surface area (Å²) < 4.78 is 15.0. The standard InChI is InChI=1S/C47H46Cl2N10O5/c1-27-54-56-45-39(52-43(29-9-13-31(48)14-10-29)37-25-35(63-3)17-19-41(37)58(27)45)23-33(60)7-5-21-50-47(62)51-22-6-8-34(61)24-40-46-57-55-28(2)59(46)42-20-18-36(64-4)26-38(42)44(53-40)30-11-15-32(49)16-12-30/h9-20,25-26,39-40H,5-8,21-24H2,1-4H3,(H2,50,51,62)/t39-,40-/m0/s1. The number of fused-ring (bicyclic) bond motifs is 6. The average molecular weight is 902 g/mol. The number of aromatic nitrogens is 6. The molecule has 0 spiro atoms. The van der Waals surface area contributed by atoms with Gasteiger partial charge in [-0.15, -0.1) is 20.4 Å². The van der Waals surface area contributed by atoms with E-state index in [1.165, 1.54) is 0 Å². The van der Waals surface area contributed by atoms with Gasteiger partial charge in [0.05, 0.1) is 37.0 Å². The molecule has 17 heteroatoms. The van der Waals surface area contributed by atoms with Gasteiger partial charge in [-0.1, -0.05) is 47.5 Å². The summed E-state index contributed by atoms with van der Waals surface area (Å²) >= 11 is 12.5. The second-order valence-corrected chi connectivity index (χ2v) is 16.4. The number of urea groups is 1. The zero-order valence-electron chi connectivity index (χ0n) is 35.8. The summed E-state index contributed by atoms with van der Waals surface area (Å²) in [6.07, 6.45) is 1.48. The molecule has 0 saturated carbocycles. The van der Waals surface area contributed by atoms with E-state index in [-0.39, 0.29) is 56.4 Å². The van der Waals surface area contributed by atoms with Gasteiger partial charge in [-0.25, -0.2) is 4.79 Å². The molecule has 2 amide bonds. The maximum absolute atomic E-state index is 13.5. The number of amides is 2. The molecule has 0 aliphatic carbocycles. The number of hydrogen-bond donors (Lipinski definition) is 2. The molecule has 0 fully saturated rings. The number of rotatable bonds is 16. The van der Waals surface area contributed by atoms with Crippen LogP contribution in [0.3, 0.4) is 0 Å². The van der Waals surface area contributed by atoms with Crippen LogP contribution < -0.4 is 20.1 Å². The molecular weight excluding hydrogens is 855 g/mol. The highest BCUT2D eigenvalue weighted by Crippen LogP contribution is 2.37. The number of halogens is 2. The number of ketones is 2. The van der Waals surface area contributed by atoms with Crippen LogP contribution in [0.1, 0.15) is 96.2 Å². The van der Waals surface area contributed by atoms with Crippen molar-refractivity contribution >= 4 is 52.2 Å². The summed E-state index contributed by atoms with van der Waals surface area (Å²) in [6.45, 7) is 4.30. The maximum Gasteiger partial charge on any atom is 0.314 e. The quantitative estimate of drug-likeness (QED) is 0.0909. The van der Waals surface area contributed by atoms with E-state index in [4.69, 9.17) is 42.7 Å². The van der Waals surface area contributed by atoms with Gasteiger partial charge in [-0.2, -0.15) is 0 Å². The lowest BCUT2D eigenvalue weighted by Gasteiger charge is -2.14. The average Bonchev–Trinajstić information content (AvgIpc) is 3.80. The Morgan fingerprint density at radius 1 is 0.594 bits per heavy atom. The number of hydrogen-bond acceptors (Lipinski definition) is 11. The Balaban J connectivity index is 0.847. The smallest absolute Gasteiger partial charge is 0.314 e. The predicted octanol–water partition coefficient (Wildman–Crippen LogP) is 8.05. The molecule has 2 atom stereocenters. The topological polar surface area (TPSA) is 180 Å². The van der Waals surface area contributed by atoms with Crippen LogP contribution in [0.5, 0.6) is 11.5 Å². The highest BCUT2D eigenvalue weighted by molar-refractivity contribution is 6.31. The first-order valence-corrected chi connectivity index (χ1v) is 21.7. The first-order valence-electron chi connectivity index (χ1n) is 20.9. The van der Waals surface area contributed by atoms with Crippen LogP contribution in [0.25, 0.3) is 11.4 Å². The summed E-state index contributed by atoms with van der Waals surface area (Å²) in [5.74, 6) is 3.71. The third-order valence-electron chi connectivity index (χ3n) is 11.2. The maximum atomic E-state index is 13.5. The molecule has 0 saturated heterocycles. The highest BCUT2D eigenvalue weighted by atomic mass is 35.5. The van der Waals surface area contributed by atoms with Crippen molar-refractivity contribution in [2.45, 2.75) is 64.5 Å². The number of aryl methyl sites for hydroxylation is 2. The van der Waals surface area contributed by atoms with Gasteiger partial charge in [0.2, 0.25) is 0 Å². The van der Waals surface area contributed by atoms with Crippen LogP contribution >= 0.6 is 23.2 Å². The number of carbonyl (C=O) groups is 3. The molecule has 0 radical (unpaired) electrons. The molecule has 0 unspecified atom stereocenters. The van der Waals surface area contributed by atoms with E-state index in [2.05, 4.69) is 31.0 Å². The number of carbonyl (C=O) groups excluding carboxylic acids is 3. The van der Waals surface area contributed by atoms with Crippen LogP contribution in [-0.2, 0) is 9.59 Å². The van der Waals surface area contributed by atoms with Crippen LogP contribution in [0.15, 0.2) is 94.9 Å². The normalized spacial score (nSPS) is 15.0. The molecule has 4 heterocycles. The number of nitrogens with one attached hydrogen (secondary N) is 2. The zero-order chi connectivity index (χ0) is 44.9. The van der Waals surface area contributed by atoms with Crippen molar-refractivity contribution in [2.75, 3.05) is 27.3 Å². The summed E-state index contributed by atoms with van der Waals surface area (Å²) in [6, 6.07) is 24.7. The van der Waals surface area contributed by atoms with E-state index < -0.39 is 12.1 Å². The molecule has 328 valence electrons. The molecule has 2 N–H and O–H groups in total. The highest BCUT2D eigenvalue weighted by Gasteiger charge is 2.32. The van der Waals surface area contributed by atoms with E-state index >= 15 is 0 Å². The van der Waals surface area contributed by atoms with Crippen LogP contribution in [0, 0.1) is 13.8 Å². The minimum atomic E-state index is -0.612. The molecule has 15 nitrogen and oxygen atoms in total. The summed E-state index contributed by atoms with van der Waals surface area (Å²) in [4.78, 5) is 49.9. The third kappa shape index (κ3) is 9.45. The lowest BCUT2D eigenvalue weighted by atomic mass is 9.99. The molecule has 2 aromatic heterocycles. The lowest BCUT2D eigenvalue weighted by molar-refractivity contribution is -0.120. The van der Waals surface area contributed by atoms with Crippen LogP contribution in [-0.4, -0.2) is 85.9 Å². The summed E-state index contributed by atoms with van der Waals surface area (Å²) in [7, 11) is 3.22. The SMILES string of the molecule is COc1ccc2c(c1)C(c1ccc(Cl)cc1)=N[C@@H](CC(=O)CCCNC(=O)NCCCC(=O)C[C@@H]1N=C(c3ccc(Cl)cc3)c3cc(OC)ccc3-n3c(C)nnc31)c1nnc(C)n1-2. The minimum absolute atomic E-state index is 0.0315. The molecular formula is C47H46Cl2N10O5. The monoisotopic (exact) mass is 900 g/mol. The van der Waals surface area contributed by atoms with Gasteiger partial charge in [0.25, 0.3) is 0 Å². The molecule has 0 bridgehead atoms. The van der Waals surface area contributed by atoms with E-state index in [0.29, 0.717) is 69.1 Å². The van der Waals surface area contributed by atoms with E-state index in [1.54, 1.807) is 38.5 Å². The Morgan fingerprint density at radius 3 is 1.39 bits per heavy atom. The Morgan fingerprint density at radius 2 is 1.00 bits per heavy atom. The van der Waals surface area contributed by atoms with E-state index in [1.807, 2.05) is 83.6 Å². The first kappa shape index (κ1) is 43.9. The van der Waals surface area contributed by atoms with Crippen molar-refractivity contribution in [1.29, 1.82) is 0 Å². The number of benzene rings is 4. The number of ether oxygens (including phenoxy) is 2. The van der Waals surface area contributed by atoms with Gasteiger partial charge in [-0.3, -0.25) is 28.7 Å². The van der Waals surface area contributed by atoms with Crippen molar-refractivity contribution < 1.29 is 23.9 Å². The molecule has 4 aromatic carbocycles. The van der Waals surface area contributed by atoms with Crippen molar-refractivity contribution in [3.05, 3.63) is 141 Å². The van der Waals surface area contributed by atoms with Gasteiger partial charge >= 0.3 is 6.03 Å². The van der Waals surface area contributed by atoms with Crippen molar-refractivity contribution in [3.8, 4) is 22.9 Å². The molecule has 2 aliphatic heterocycles.